The Bertz CT molecular complexity index is 844. The Labute approximate surface area is 150 Å². The number of anilines is 1. The molecule has 1 aromatic carbocycles. The summed E-state index contributed by atoms with van der Waals surface area (Å²) in [7, 11) is -4.74. The van der Waals surface area contributed by atoms with Crippen molar-refractivity contribution >= 4 is 43.4 Å². The number of hydrogen-bond donors (Lipinski definition) is 1. The first kappa shape index (κ1) is 19.3. The molecule has 7 nitrogen and oxygen atoms in total. The standard InChI is InChI=1S/C14H12BrF2NO6S/c1-14(2)23-11(19)8(12(20)24-14)6-18-10-4-3-7(5-9(10)15)25(21,22)13(16)17/h3-6,13,18H,1-2H3. The molecule has 0 amide bonds. The largest absolute Gasteiger partial charge is 0.419 e. The lowest BCUT2D eigenvalue weighted by Crippen LogP contribution is -2.42. The summed E-state index contributed by atoms with van der Waals surface area (Å²) >= 11 is 3.03. The van der Waals surface area contributed by atoms with Gasteiger partial charge in [0.15, 0.2) is 5.57 Å². The Hall–Kier alpha value is -2.01. The highest BCUT2D eigenvalue weighted by Crippen LogP contribution is 2.29. The molecule has 2 rings (SSSR count). The summed E-state index contributed by atoms with van der Waals surface area (Å²) in [4.78, 5) is 23.0. The number of benzene rings is 1. The zero-order valence-electron chi connectivity index (χ0n) is 12.9. The molecule has 136 valence electrons. The molecule has 1 fully saturated rings. The predicted molar refractivity (Wildman–Crippen MR) is 85.3 cm³/mol. The van der Waals surface area contributed by atoms with E-state index < -0.39 is 43.8 Å². The van der Waals surface area contributed by atoms with Crippen molar-refractivity contribution in [1.82, 2.24) is 0 Å². The van der Waals surface area contributed by atoms with Crippen LogP contribution in [0.4, 0.5) is 14.5 Å². The van der Waals surface area contributed by atoms with Crippen LogP contribution in [0.5, 0.6) is 0 Å². The van der Waals surface area contributed by atoms with Crippen LogP contribution in [0.15, 0.2) is 39.3 Å². The van der Waals surface area contributed by atoms with E-state index >= 15 is 0 Å². The third-order valence-electron chi connectivity index (χ3n) is 2.99. The summed E-state index contributed by atoms with van der Waals surface area (Å²) in [6.45, 7) is 2.79. The Kier molecular flexibility index (Phi) is 5.19. The summed E-state index contributed by atoms with van der Waals surface area (Å²) in [6, 6.07) is 3.14. The van der Waals surface area contributed by atoms with Gasteiger partial charge >= 0.3 is 17.7 Å². The number of nitrogens with one attached hydrogen (secondary N) is 1. The molecule has 0 radical (unpaired) electrons. The van der Waals surface area contributed by atoms with Gasteiger partial charge in [-0.3, -0.25) is 0 Å². The lowest BCUT2D eigenvalue weighted by Gasteiger charge is -2.29. The summed E-state index contributed by atoms with van der Waals surface area (Å²) in [5.41, 5.74) is -0.179. The van der Waals surface area contributed by atoms with Crippen LogP contribution < -0.4 is 5.32 Å². The maximum atomic E-state index is 12.5. The maximum absolute atomic E-state index is 12.5. The molecule has 0 saturated carbocycles. The lowest BCUT2D eigenvalue weighted by molar-refractivity contribution is -0.222. The number of carbonyl (C=O) groups excluding carboxylic acids is 2. The quantitative estimate of drug-likeness (QED) is 0.437. The predicted octanol–water partition coefficient (Wildman–Crippen LogP) is 2.58. The highest BCUT2D eigenvalue weighted by atomic mass is 79.9. The van der Waals surface area contributed by atoms with Crippen LogP contribution in [0.2, 0.25) is 0 Å². The molecular weight excluding hydrogens is 428 g/mol. The van der Waals surface area contributed by atoms with Crippen molar-refractivity contribution in [3.05, 3.63) is 34.4 Å². The number of ether oxygens (including phenoxy) is 2. The highest BCUT2D eigenvalue weighted by molar-refractivity contribution is 9.10. The topological polar surface area (TPSA) is 98.8 Å². The fourth-order valence-electron chi connectivity index (χ4n) is 1.82. The molecule has 0 spiro atoms. The molecule has 1 aliphatic rings. The molecule has 0 atom stereocenters. The second-order valence-electron chi connectivity index (χ2n) is 5.33. The lowest BCUT2D eigenvalue weighted by atomic mass is 10.2. The minimum absolute atomic E-state index is 0.129. The van der Waals surface area contributed by atoms with Gasteiger partial charge in [0.05, 0.1) is 10.6 Å². The first-order valence-corrected chi connectivity index (χ1v) is 9.03. The van der Waals surface area contributed by atoms with Crippen molar-refractivity contribution in [1.29, 1.82) is 0 Å². The number of alkyl halides is 2. The molecule has 0 unspecified atom stereocenters. The Balaban J connectivity index is 2.25. The highest BCUT2D eigenvalue weighted by Gasteiger charge is 2.39. The van der Waals surface area contributed by atoms with Crippen LogP contribution in [-0.2, 0) is 28.9 Å². The van der Waals surface area contributed by atoms with E-state index in [0.717, 1.165) is 18.3 Å². The van der Waals surface area contributed by atoms with Gasteiger partial charge in [0.1, 0.15) is 0 Å². The molecule has 1 aromatic rings. The number of halogens is 3. The van der Waals surface area contributed by atoms with E-state index in [1.54, 1.807) is 0 Å². The summed E-state index contributed by atoms with van der Waals surface area (Å²) < 4.78 is 57.9. The van der Waals surface area contributed by atoms with Crippen molar-refractivity contribution in [3.63, 3.8) is 0 Å². The Morgan fingerprint density at radius 2 is 1.76 bits per heavy atom. The van der Waals surface area contributed by atoms with Crippen molar-refractivity contribution in [3.8, 4) is 0 Å². The fraction of sp³-hybridized carbons (Fsp3) is 0.286. The van der Waals surface area contributed by atoms with Gasteiger partial charge in [-0.15, -0.1) is 0 Å². The summed E-state index contributed by atoms with van der Waals surface area (Å²) in [5.74, 6) is -6.73. The van der Waals surface area contributed by atoms with E-state index in [4.69, 9.17) is 9.47 Å². The van der Waals surface area contributed by atoms with Crippen LogP contribution in [0.3, 0.4) is 0 Å². The normalized spacial score (nSPS) is 17.1. The van der Waals surface area contributed by atoms with E-state index in [1.807, 2.05) is 0 Å². The van der Waals surface area contributed by atoms with Crippen molar-refractivity contribution in [2.75, 3.05) is 5.32 Å². The van der Waals surface area contributed by atoms with Crippen LogP contribution in [-0.4, -0.2) is 31.9 Å². The van der Waals surface area contributed by atoms with E-state index in [0.29, 0.717) is 0 Å². The summed E-state index contributed by atoms with van der Waals surface area (Å²) in [6.07, 6.45) is 1.02. The SMILES string of the molecule is CC1(C)OC(=O)C(=CNc2ccc(S(=O)(=O)C(F)F)cc2Br)C(=O)O1. The average Bonchev–Trinajstić information content (AvgIpc) is 2.46. The molecule has 1 saturated heterocycles. The number of carbonyl (C=O) groups is 2. The number of hydrogen-bond acceptors (Lipinski definition) is 7. The van der Waals surface area contributed by atoms with Gasteiger partial charge in [-0.1, -0.05) is 0 Å². The van der Waals surface area contributed by atoms with E-state index in [-0.39, 0.29) is 10.2 Å². The second kappa shape index (κ2) is 6.71. The van der Waals surface area contributed by atoms with Gasteiger partial charge in [-0.2, -0.15) is 8.78 Å². The van der Waals surface area contributed by atoms with Gasteiger partial charge in [0.2, 0.25) is 9.84 Å². The van der Waals surface area contributed by atoms with Crippen LogP contribution in [0.25, 0.3) is 0 Å². The number of esters is 2. The minimum Gasteiger partial charge on any atom is -0.419 e. The minimum atomic E-state index is -4.74. The molecule has 1 N–H and O–H groups in total. The van der Waals surface area contributed by atoms with E-state index in [1.165, 1.54) is 19.9 Å². The van der Waals surface area contributed by atoms with Gasteiger partial charge in [-0.05, 0) is 34.1 Å². The number of sulfone groups is 1. The molecule has 25 heavy (non-hydrogen) atoms. The Morgan fingerprint density at radius 1 is 1.20 bits per heavy atom. The fourth-order valence-corrected chi connectivity index (χ4v) is 3.21. The smallest absolute Gasteiger partial charge is 0.350 e. The van der Waals surface area contributed by atoms with Crippen LogP contribution in [0.1, 0.15) is 13.8 Å². The molecule has 1 aliphatic heterocycles. The third-order valence-corrected chi connectivity index (χ3v) is 5.03. The van der Waals surface area contributed by atoms with Gasteiger partial charge in [-0.25, -0.2) is 18.0 Å². The molecule has 0 bridgehead atoms. The molecule has 0 aromatic heterocycles. The average molecular weight is 440 g/mol. The van der Waals surface area contributed by atoms with Crippen molar-refractivity contribution < 1.29 is 36.3 Å². The summed E-state index contributed by atoms with van der Waals surface area (Å²) in [5, 5.41) is 2.59. The third kappa shape index (κ3) is 4.15. The molecule has 11 heteroatoms. The first-order valence-electron chi connectivity index (χ1n) is 6.69. The molecule has 0 aliphatic carbocycles. The van der Waals surface area contributed by atoms with Crippen LogP contribution >= 0.6 is 15.9 Å². The zero-order valence-corrected chi connectivity index (χ0v) is 15.3. The van der Waals surface area contributed by atoms with Crippen molar-refractivity contribution in [2.24, 2.45) is 0 Å². The molecule has 1 heterocycles. The number of cyclic esters (lactones) is 2. The van der Waals surface area contributed by atoms with Crippen LogP contribution in [0, 0.1) is 0 Å². The van der Waals surface area contributed by atoms with E-state index in [2.05, 4.69) is 21.2 Å². The van der Waals surface area contributed by atoms with Gasteiger partial charge < -0.3 is 14.8 Å². The molecular formula is C14H12BrF2NO6S. The zero-order chi connectivity index (χ0) is 19.0. The van der Waals surface area contributed by atoms with Gasteiger partial charge in [0, 0.05) is 24.5 Å². The first-order chi connectivity index (χ1) is 11.4. The Morgan fingerprint density at radius 3 is 2.24 bits per heavy atom. The van der Waals surface area contributed by atoms with E-state index in [9.17, 15) is 26.8 Å². The van der Waals surface area contributed by atoms with Crippen molar-refractivity contribution in [2.45, 2.75) is 30.3 Å². The second-order valence-corrected chi connectivity index (χ2v) is 8.10. The monoisotopic (exact) mass is 439 g/mol. The number of rotatable bonds is 4. The van der Waals surface area contributed by atoms with Gasteiger partial charge in [0.25, 0.3) is 5.79 Å². The maximum Gasteiger partial charge on any atom is 0.350 e.